The maximum atomic E-state index is 9.76. The molecular weight excluding hydrogens is 703 g/mol. The van der Waals surface area contributed by atoms with Crippen LogP contribution < -0.4 is 4.90 Å². The van der Waals surface area contributed by atoms with E-state index in [9.17, 15) is 21.9 Å². The van der Waals surface area contributed by atoms with E-state index in [0.29, 0.717) is 0 Å². The molecule has 58 heavy (non-hydrogen) atoms. The lowest BCUT2D eigenvalue weighted by Gasteiger charge is -2.26. The van der Waals surface area contributed by atoms with Gasteiger partial charge in [-0.2, -0.15) is 0 Å². The highest BCUT2D eigenvalue weighted by Gasteiger charge is 2.16. The standard InChI is InChI=1S/C56H37NO/c1-3-14-48-40(10-1)12-7-17-50(48)42-24-22-38(23-25-42)39-26-32-45(33-27-39)57(46-34-28-43(29-35-46)51-18-8-13-41-11-2-4-15-49(41)51)47-36-30-44(31-37-47)52-19-9-21-55-56(52)53-16-5-6-20-54(53)58-55/h1-37H/i1D,2D,3D,4D,5D,6D,7D,8D,9D,10D,11D,12D,13D,14D,15D,16D,17D,18D,19D,20D,21D,22D,23D,24D,25D,26D,27D,28D,29D,30D,31D,32D,33D,34D,35D,36D,37D. The Morgan fingerprint density at radius 1 is 0.293 bits per heavy atom. The fourth-order valence-corrected chi connectivity index (χ4v) is 6.07. The molecule has 0 bridgehead atoms. The second-order valence-corrected chi connectivity index (χ2v) is 12.0. The minimum absolute atomic E-state index is 0.215. The minimum atomic E-state index is -1.41. The van der Waals surface area contributed by atoms with Crippen LogP contribution in [-0.2, 0) is 0 Å². The van der Waals surface area contributed by atoms with Crippen LogP contribution in [0.5, 0.6) is 0 Å². The summed E-state index contributed by atoms with van der Waals surface area (Å²) in [5.74, 6) is 0. The third kappa shape index (κ3) is 5.91. The maximum Gasteiger partial charge on any atom is 0.136 e. The molecule has 0 saturated carbocycles. The highest BCUT2D eigenvalue weighted by atomic mass is 16.3. The van der Waals surface area contributed by atoms with Crippen molar-refractivity contribution in [3.05, 3.63) is 224 Å². The zero-order valence-electron chi connectivity index (χ0n) is 65.9. The van der Waals surface area contributed by atoms with E-state index in [4.69, 9.17) is 33.2 Å². The SMILES string of the molecule is [2H]c1c([2H])c(-c2c([2H])c([2H])c([2H])c3c([2H])c([2H])c([2H])c([2H])c23)c([2H])c([2H])c1-c1c([2H])c([2H])c(N(c2c([2H])c([2H])c(-c3c([2H])c([2H])c([2H])c4c([2H])c([2H])c([2H])c([2H])c34)c([2H])c2[2H])c2c([2H])c([2H])c(-c3c([2H])c([2H])c([2H])c4oc5c([2H])c([2H])c([2H])c([2H])c5c34)c([2H])c2[2H])c([2H])c1[2H]. The van der Waals surface area contributed by atoms with Crippen molar-refractivity contribution in [2.45, 2.75) is 0 Å². The summed E-state index contributed by atoms with van der Waals surface area (Å²) in [4.78, 5) is 0.215. The van der Waals surface area contributed by atoms with Crippen LogP contribution in [0.1, 0.15) is 50.7 Å². The molecule has 0 saturated heterocycles. The summed E-state index contributed by atoms with van der Waals surface area (Å²) in [6.07, 6.45) is 0. The van der Waals surface area contributed by atoms with E-state index in [1.807, 2.05) is 0 Å². The Labute approximate surface area is 389 Å². The van der Waals surface area contributed by atoms with Crippen molar-refractivity contribution in [1.82, 2.24) is 0 Å². The molecule has 0 spiro atoms. The van der Waals surface area contributed by atoms with Crippen LogP contribution in [-0.4, -0.2) is 0 Å². The number of rotatable bonds is 7. The average Bonchev–Trinajstić information content (AvgIpc) is 1.61. The molecule has 1 aromatic heterocycles. The first kappa shape index (κ1) is 12.9. The second kappa shape index (κ2) is 14.1. The van der Waals surface area contributed by atoms with Crippen molar-refractivity contribution in [1.29, 1.82) is 0 Å². The predicted octanol–water partition coefficient (Wildman–Crippen LogP) is 16.0. The minimum Gasteiger partial charge on any atom is -0.456 e. The van der Waals surface area contributed by atoms with E-state index in [1.165, 1.54) is 0 Å². The first-order valence-electron chi connectivity index (χ1n) is 35.3. The number of benzene rings is 10. The first-order valence-corrected chi connectivity index (χ1v) is 16.8. The highest BCUT2D eigenvalue weighted by Crippen LogP contribution is 2.41. The number of fused-ring (bicyclic) bond motifs is 5. The van der Waals surface area contributed by atoms with Crippen molar-refractivity contribution >= 4 is 60.5 Å². The van der Waals surface area contributed by atoms with Gasteiger partial charge in [-0.3, -0.25) is 0 Å². The lowest BCUT2D eigenvalue weighted by molar-refractivity contribution is 0.669. The van der Waals surface area contributed by atoms with Crippen LogP contribution in [0.2, 0.25) is 0 Å². The second-order valence-electron chi connectivity index (χ2n) is 12.0. The van der Waals surface area contributed by atoms with Gasteiger partial charge in [0.25, 0.3) is 0 Å². The lowest BCUT2D eigenvalue weighted by atomic mass is 9.96. The quantitative estimate of drug-likeness (QED) is 0.160. The molecule has 0 aliphatic rings. The average molecular weight is 777 g/mol. The number of hydrogen-bond donors (Lipinski definition) is 0. The van der Waals surface area contributed by atoms with Crippen molar-refractivity contribution < 1.29 is 55.1 Å². The third-order valence-corrected chi connectivity index (χ3v) is 8.70. The zero-order valence-corrected chi connectivity index (χ0v) is 28.9. The highest BCUT2D eigenvalue weighted by molar-refractivity contribution is 6.12. The molecule has 0 aliphatic heterocycles. The van der Waals surface area contributed by atoms with Gasteiger partial charge in [-0.1, -0.05) is 175 Å². The smallest absolute Gasteiger partial charge is 0.136 e. The Bertz CT molecular complexity index is 5330. The van der Waals surface area contributed by atoms with E-state index in [1.54, 1.807) is 0 Å². The molecule has 0 aliphatic carbocycles. The molecule has 0 fully saturated rings. The first-order chi connectivity index (χ1) is 44.2. The van der Waals surface area contributed by atoms with Gasteiger partial charge >= 0.3 is 0 Å². The summed E-state index contributed by atoms with van der Waals surface area (Å²) in [5, 5.41) is -3.84. The molecule has 11 rings (SSSR count). The van der Waals surface area contributed by atoms with Gasteiger partial charge in [0.15, 0.2) is 0 Å². The number of nitrogens with zero attached hydrogens (tertiary/aromatic N) is 1. The molecule has 0 N–H and O–H groups in total. The van der Waals surface area contributed by atoms with Crippen molar-refractivity contribution in [2.75, 3.05) is 4.90 Å². The summed E-state index contributed by atoms with van der Waals surface area (Å²) in [7, 11) is 0. The molecule has 0 radical (unpaired) electrons. The summed E-state index contributed by atoms with van der Waals surface area (Å²) >= 11 is 0. The monoisotopic (exact) mass is 777 g/mol. The van der Waals surface area contributed by atoms with E-state index in [0.717, 1.165) is 0 Å². The Morgan fingerprint density at radius 3 is 1.21 bits per heavy atom. The van der Waals surface area contributed by atoms with Crippen LogP contribution in [0.4, 0.5) is 17.1 Å². The largest absolute Gasteiger partial charge is 0.456 e. The summed E-state index contributed by atoms with van der Waals surface area (Å²) in [6.45, 7) is 0. The molecule has 0 atom stereocenters. The van der Waals surface area contributed by atoms with E-state index in [2.05, 4.69) is 0 Å². The summed E-state index contributed by atoms with van der Waals surface area (Å²) < 4.78 is 340. The van der Waals surface area contributed by atoms with E-state index >= 15 is 0 Å². The van der Waals surface area contributed by atoms with Crippen LogP contribution >= 0.6 is 0 Å². The van der Waals surface area contributed by atoms with Crippen molar-refractivity contribution in [3.63, 3.8) is 0 Å². The molecule has 0 amide bonds. The van der Waals surface area contributed by atoms with Crippen LogP contribution in [0, 0.1) is 0 Å². The summed E-state index contributed by atoms with van der Waals surface area (Å²) in [6, 6.07) is -40.2. The molecule has 2 nitrogen and oxygen atoms in total. The summed E-state index contributed by atoms with van der Waals surface area (Å²) in [5.41, 5.74) is -12.5. The van der Waals surface area contributed by atoms with Gasteiger partial charge in [0.1, 0.15) is 11.2 Å². The fraction of sp³-hybridized carbons (Fsp3) is 0. The van der Waals surface area contributed by atoms with Gasteiger partial charge < -0.3 is 9.32 Å². The molecular formula is C56H37NO. The van der Waals surface area contributed by atoms with Gasteiger partial charge in [-0.05, 0) is 114 Å². The molecule has 1 heterocycles. The number of hydrogen-bond acceptors (Lipinski definition) is 2. The van der Waals surface area contributed by atoms with Gasteiger partial charge in [-0.25, -0.2) is 0 Å². The molecule has 272 valence electrons. The zero-order chi connectivity index (χ0) is 70.6. The van der Waals surface area contributed by atoms with Crippen LogP contribution in [0.3, 0.4) is 0 Å². The van der Waals surface area contributed by atoms with E-state index in [-0.39, 0.29) is 4.90 Å². The number of furan rings is 1. The molecule has 10 aromatic carbocycles. The Balaban J connectivity index is 1.26. The predicted molar refractivity (Wildman–Crippen MR) is 245 cm³/mol. The van der Waals surface area contributed by atoms with Crippen LogP contribution in [0.15, 0.2) is 228 Å². The van der Waals surface area contributed by atoms with Crippen molar-refractivity contribution in [2.24, 2.45) is 0 Å². The maximum absolute atomic E-state index is 9.76. The lowest BCUT2D eigenvalue weighted by Crippen LogP contribution is -2.09. The Morgan fingerprint density at radius 2 is 0.655 bits per heavy atom. The Hall–Kier alpha value is -7.68. The molecule has 0 unspecified atom stereocenters. The topological polar surface area (TPSA) is 16.4 Å². The fourth-order valence-electron chi connectivity index (χ4n) is 6.07. The van der Waals surface area contributed by atoms with Gasteiger partial charge in [0, 0.05) is 27.8 Å². The molecule has 2 heteroatoms. The van der Waals surface area contributed by atoms with Crippen LogP contribution in [0.25, 0.3) is 88.0 Å². The third-order valence-electron chi connectivity index (χ3n) is 8.70. The number of anilines is 3. The Kier molecular flexibility index (Phi) is 3.15. The van der Waals surface area contributed by atoms with Gasteiger partial charge in [0.05, 0.1) is 50.7 Å². The normalized spacial score (nSPS) is 20.4. The molecule has 11 aromatic rings. The van der Waals surface area contributed by atoms with Gasteiger partial charge in [0.2, 0.25) is 0 Å². The number of para-hydroxylation sites is 1. The van der Waals surface area contributed by atoms with Gasteiger partial charge in [-0.15, -0.1) is 0 Å². The van der Waals surface area contributed by atoms with E-state index < -0.39 is 329 Å². The van der Waals surface area contributed by atoms with Crippen molar-refractivity contribution in [3.8, 4) is 44.5 Å².